The minimum Gasteiger partial charge on any atom is -0.337 e. The van der Waals surface area contributed by atoms with Crippen LogP contribution in [0.2, 0.25) is 0 Å². The first kappa shape index (κ1) is 16.3. The van der Waals surface area contributed by atoms with E-state index >= 15 is 0 Å². The Hall–Kier alpha value is -2.14. The van der Waals surface area contributed by atoms with Crippen LogP contribution in [-0.4, -0.2) is 39.2 Å². The topological polar surface area (TPSA) is 50.2 Å². The van der Waals surface area contributed by atoms with Crippen molar-refractivity contribution in [2.45, 2.75) is 57.8 Å². The first-order valence-corrected chi connectivity index (χ1v) is 9.23. The van der Waals surface area contributed by atoms with Gasteiger partial charge in [0, 0.05) is 49.4 Å². The van der Waals surface area contributed by atoms with Crippen LogP contribution in [0.15, 0.2) is 36.7 Å². The number of benzene rings is 1. The number of likely N-dealkylation sites (tertiary alicyclic amines) is 1. The summed E-state index contributed by atoms with van der Waals surface area (Å²) < 4.78 is 1.97. The van der Waals surface area contributed by atoms with Gasteiger partial charge in [-0.15, -0.1) is 0 Å². The number of carbonyl (C=O) groups excluding carboxylic acids is 1. The molecule has 5 heteroatoms. The van der Waals surface area contributed by atoms with Crippen molar-refractivity contribution in [1.29, 1.82) is 0 Å². The molecule has 2 aliphatic rings. The lowest BCUT2D eigenvalue weighted by Gasteiger charge is -2.24. The lowest BCUT2D eigenvalue weighted by Crippen LogP contribution is -2.39. The standard InChI is InChI=1S/C20H26N4O/c1-14(2)24-12-15(11-22-24)10-21-18-9-20(25)23(13-18)19-7-16-5-3-4-6-17(16)8-19/h3-6,11-12,14,18-19,21H,7-10,13H2,1-2H3/t18-/m1/s1. The van der Waals surface area contributed by atoms with E-state index in [-0.39, 0.29) is 11.9 Å². The van der Waals surface area contributed by atoms with Crippen molar-refractivity contribution < 1.29 is 4.79 Å². The first-order chi connectivity index (χ1) is 12.1. The van der Waals surface area contributed by atoms with Gasteiger partial charge in [-0.2, -0.15) is 5.10 Å². The largest absolute Gasteiger partial charge is 0.337 e. The molecule has 0 bridgehead atoms. The summed E-state index contributed by atoms with van der Waals surface area (Å²) in [6, 6.07) is 9.51. The number of hydrogen-bond donors (Lipinski definition) is 1. The average molecular weight is 338 g/mol. The lowest BCUT2D eigenvalue weighted by molar-refractivity contribution is -0.129. The number of aromatic nitrogens is 2. The minimum atomic E-state index is 0.235. The van der Waals surface area contributed by atoms with E-state index in [0.717, 1.165) is 25.9 Å². The van der Waals surface area contributed by atoms with Crippen molar-refractivity contribution in [3.8, 4) is 0 Å². The van der Waals surface area contributed by atoms with Gasteiger partial charge in [-0.25, -0.2) is 0 Å². The molecule has 1 aromatic heterocycles. The second kappa shape index (κ2) is 6.64. The van der Waals surface area contributed by atoms with Crippen LogP contribution in [0, 0.1) is 0 Å². The Morgan fingerprint density at radius 3 is 2.56 bits per heavy atom. The van der Waals surface area contributed by atoms with Crippen molar-refractivity contribution in [3.63, 3.8) is 0 Å². The molecule has 2 aromatic rings. The zero-order valence-corrected chi connectivity index (χ0v) is 15.0. The molecule has 0 spiro atoms. The van der Waals surface area contributed by atoms with Gasteiger partial charge in [-0.1, -0.05) is 24.3 Å². The Bertz CT molecular complexity index is 742. The smallest absolute Gasteiger partial charge is 0.224 e. The Kier molecular flexibility index (Phi) is 4.34. The summed E-state index contributed by atoms with van der Waals surface area (Å²) in [7, 11) is 0. The summed E-state index contributed by atoms with van der Waals surface area (Å²) in [5.41, 5.74) is 3.98. The van der Waals surface area contributed by atoms with E-state index in [1.165, 1.54) is 16.7 Å². The van der Waals surface area contributed by atoms with E-state index < -0.39 is 0 Å². The molecule has 1 aliphatic carbocycles. The minimum absolute atomic E-state index is 0.235. The predicted octanol–water partition coefficient (Wildman–Crippen LogP) is 2.32. The summed E-state index contributed by atoms with van der Waals surface area (Å²) in [5.74, 6) is 0.285. The molecule has 1 aromatic carbocycles. The van der Waals surface area contributed by atoms with Gasteiger partial charge in [0.25, 0.3) is 0 Å². The summed E-state index contributed by atoms with van der Waals surface area (Å²) in [4.78, 5) is 14.6. The molecule has 1 saturated heterocycles. The molecule has 4 rings (SSSR count). The lowest BCUT2D eigenvalue weighted by atomic mass is 10.1. The van der Waals surface area contributed by atoms with E-state index in [1.54, 1.807) is 0 Å². The summed E-state index contributed by atoms with van der Waals surface area (Å²) in [5, 5.41) is 7.92. The molecular weight excluding hydrogens is 312 g/mol. The molecule has 25 heavy (non-hydrogen) atoms. The molecule has 0 saturated carbocycles. The van der Waals surface area contributed by atoms with Crippen molar-refractivity contribution in [2.75, 3.05) is 6.54 Å². The second-order valence-corrected chi connectivity index (χ2v) is 7.58. The molecule has 0 radical (unpaired) electrons. The monoisotopic (exact) mass is 338 g/mol. The third-order valence-corrected chi connectivity index (χ3v) is 5.41. The van der Waals surface area contributed by atoms with Crippen LogP contribution < -0.4 is 5.32 Å². The number of rotatable bonds is 5. The number of fused-ring (bicyclic) bond motifs is 1. The van der Waals surface area contributed by atoms with Crippen LogP contribution >= 0.6 is 0 Å². The molecule has 132 valence electrons. The van der Waals surface area contributed by atoms with Gasteiger partial charge in [-0.3, -0.25) is 9.48 Å². The molecule has 0 unspecified atom stereocenters. The quantitative estimate of drug-likeness (QED) is 0.910. The van der Waals surface area contributed by atoms with Crippen molar-refractivity contribution >= 4 is 5.91 Å². The highest BCUT2D eigenvalue weighted by atomic mass is 16.2. The molecule has 2 heterocycles. The Morgan fingerprint density at radius 1 is 1.20 bits per heavy atom. The van der Waals surface area contributed by atoms with Gasteiger partial charge >= 0.3 is 0 Å². The maximum atomic E-state index is 12.5. The van der Waals surface area contributed by atoms with Crippen LogP contribution in [0.25, 0.3) is 0 Å². The third-order valence-electron chi connectivity index (χ3n) is 5.41. The van der Waals surface area contributed by atoms with E-state index in [4.69, 9.17) is 0 Å². The Labute approximate surface area is 149 Å². The third kappa shape index (κ3) is 3.33. The van der Waals surface area contributed by atoms with Crippen LogP contribution in [0.3, 0.4) is 0 Å². The SMILES string of the molecule is CC(C)n1cc(CN[C@@H]2CC(=O)N(C3Cc4ccccc4C3)C2)cn1. The van der Waals surface area contributed by atoms with Gasteiger partial charge in [0.15, 0.2) is 0 Å². The van der Waals surface area contributed by atoms with E-state index in [9.17, 15) is 4.79 Å². The van der Waals surface area contributed by atoms with Crippen molar-refractivity contribution in [1.82, 2.24) is 20.0 Å². The van der Waals surface area contributed by atoms with E-state index in [0.29, 0.717) is 18.5 Å². The summed E-state index contributed by atoms with van der Waals surface area (Å²) >= 11 is 0. The Morgan fingerprint density at radius 2 is 1.92 bits per heavy atom. The van der Waals surface area contributed by atoms with Crippen molar-refractivity contribution in [3.05, 3.63) is 53.3 Å². The fourth-order valence-corrected chi connectivity index (χ4v) is 3.99. The predicted molar refractivity (Wildman–Crippen MR) is 97.2 cm³/mol. The molecule has 1 aliphatic heterocycles. The van der Waals surface area contributed by atoms with Gasteiger partial charge in [-0.05, 0) is 37.8 Å². The van der Waals surface area contributed by atoms with Gasteiger partial charge in [0.1, 0.15) is 0 Å². The molecule has 1 amide bonds. The van der Waals surface area contributed by atoms with Crippen LogP contribution in [0.1, 0.15) is 43.0 Å². The van der Waals surface area contributed by atoms with Crippen LogP contribution in [0.5, 0.6) is 0 Å². The molecule has 1 N–H and O–H groups in total. The number of hydrogen-bond acceptors (Lipinski definition) is 3. The van der Waals surface area contributed by atoms with Gasteiger partial charge in [0.05, 0.1) is 6.20 Å². The van der Waals surface area contributed by atoms with E-state index in [1.807, 2.05) is 10.9 Å². The fraction of sp³-hybridized carbons (Fsp3) is 0.500. The second-order valence-electron chi connectivity index (χ2n) is 7.58. The highest BCUT2D eigenvalue weighted by Crippen LogP contribution is 2.28. The highest BCUT2D eigenvalue weighted by molar-refractivity contribution is 5.79. The van der Waals surface area contributed by atoms with Gasteiger partial charge < -0.3 is 10.2 Å². The summed E-state index contributed by atoms with van der Waals surface area (Å²) in [6.07, 6.45) is 6.59. The summed E-state index contributed by atoms with van der Waals surface area (Å²) in [6.45, 7) is 5.83. The highest BCUT2D eigenvalue weighted by Gasteiger charge is 2.36. The van der Waals surface area contributed by atoms with Crippen LogP contribution in [-0.2, 0) is 24.2 Å². The van der Waals surface area contributed by atoms with Crippen LogP contribution in [0.4, 0.5) is 0 Å². The molecular formula is C20H26N4O. The molecule has 5 nitrogen and oxygen atoms in total. The molecule has 1 fully saturated rings. The number of carbonyl (C=O) groups is 1. The Balaban J connectivity index is 1.33. The fourth-order valence-electron chi connectivity index (χ4n) is 3.99. The average Bonchev–Trinajstić information content (AvgIpc) is 3.30. The first-order valence-electron chi connectivity index (χ1n) is 9.23. The zero-order chi connectivity index (χ0) is 17.4. The normalized spacial score (nSPS) is 20.7. The maximum Gasteiger partial charge on any atom is 0.224 e. The number of amides is 1. The zero-order valence-electron chi connectivity index (χ0n) is 15.0. The number of nitrogens with one attached hydrogen (secondary N) is 1. The van der Waals surface area contributed by atoms with Crippen molar-refractivity contribution in [2.24, 2.45) is 0 Å². The molecule has 1 atom stereocenters. The van der Waals surface area contributed by atoms with E-state index in [2.05, 4.69) is 59.6 Å². The number of nitrogens with zero attached hydrogens (tertiary/aromatic N) is 3. The van der Waals surface area contributed by atoms with Gasteiger partial charge in [0.2, 0.25) is 5.91 Å². The maximum absolute atomic E-state index is 12.5.